The van der Waals surface area contributed by atoms with Crippen LogP contribution in [0.3, 0.4) is 0 Å². The topological polar surface area (TPSA) is 18.5 Å². The largest absolute Gasteiger partial charge is 0.350 e. The van der Waals surface area contributed by atoms with Gasteiger partial charge in [-0.05, 0) is 49.0 Å². The van der Waals surface area contributed by atoms with E-state index < -0.39 is 5.79 Å². The number of allylic oxidation sites excluding steroid dienone is 1. The van der Waals surface area contributed by atoms with Gasteiger partial charge in [-0.3, -0.25) is 0 Å². The number of rotatable bonds is 2. The van der Waals surface area contributed by atoms with Crippen LogP contribution in [0.4, 0.5) is 0 Å². The predicted octanol–water partition coefficient (Wildman–Crippen LogP) is 4.30. The number of ether oxygens (including phenoxy) is 2. The van der Waals surface area contributed by atoms with Gasteiger partial charge in [-0.1, -0.05) is 31.8 Å². The van der Waals surface area contributed by atoms with Crippen LogP contribution in [0, 0.1) is 17.3 Å². The van der Waals surface area contributed by atoms with E-state index in [2.05, 4.69) is 13.0 Å². The fraction of sp³-hybridized carbons (Fsp3) is 0.882. The first-order chi connectivity index (χ1) is 9.13. The third kappa shape index (κ3) is 2.08. The second-order valence-corrected chi connectivity index (χ2v) is 7.00. The molecule has 0 aromatic rings. The van der Waals surface area contributed by atoms with Gasteiger partial charge in [-0.25, -0.2) is 0 Å². The highest BCUT2D eigenvalue weighted by Gasteiger charge is 2.50. The van der Waals surface area contributed by atoms with Crippen LogP contribution in [-0.2, 0) is 9.47 Å². The van der Waals surface area contributed by atoms with Gasteiger partial charge in [0.2, 0.25) is 0 Å². The van der Waals surface area contributed by atoms with Crippen LogP contribution in [0.25, 0.3) is 0 Å². The summed E-state index contributed by atoms with van der Waals surface area (Å²) in [4.78, 5) is 0. The summed E-state index contributed by atoms with van der Waals surface area (Å²) in [5, 5.41) is 0. The zero-order valence-corrected chi connectivity index (χ0v) is 12.7. The molecule has 3 rings (SSSR count). The van der Waals surface area contributed by atoms with Crippen molar-refractivity contribution in [2.45, 2.75) is 64.1 Å². The van der Waals surface area contributed by atoms with Gasteiger partial charge in [0.05, 0.1) is 0 Å². The van der Waals surface area contributed by atoms with Crippen molar-refractivity contribution in [3.8, 4) is 0 Å². The molecule has 2 nitrogen and oxygen atoms in total. The maximum absolute atomic E-state index is 5.66. The third-order valence-electron chi connectivity index (χ3n) is 6.32. The average Bonchev–Trinajstić information content (AvgIpc) is 2.47. The molecule has 0 aromatic heterocycles. The first-order valence-electron chi connectivity index (χ1n) is 7.96. The molecule has 0 aromatic carbocycles. The van der Waals surface area contributed by atoms with E-state index in [0.717, 1.165) is 18.3 Å². The van der Waals surface area contributed by atoms with Crippen molar-refractivity contribution in [3.63, 3.8) is 0 Å². The van der Waals surface area contributed by atoms with Crippen LogP contribution in [0.1, 0.15) is 58.3 Å². The third-order valence-corrected chi connectivity index (χ3v) is 6.32. The number of fused-ring (bicyclic) bond motifs is 3. The quantitative estimate of drug-likeness (QED) is 0.547. The molecule has 0 bridgehead atoms. The van der Waals surface area contributed by atoms with Crippen molar-refractivity contribution in [1.82, 2.24) is 0 Å². The second-order valence-electron chi connectivity index (χ2n) is 7.00. The minimum atomic E-state index is -0.448. The molecule has 2 heteroatoms. The zero-order valence-electron chi connectivity index (χ0n) is 12.7. The number of hydrogen-bond donors (Lipinski definition) is 0. The summed E-state index contributed by atoms with van der Waals surface area (Å²) in [6.45, 7) is 2.51. The van der Waals surface area contributed by atoms with E-state index >= 15 is 0 Å². The summed E-state index contributed by atoms with van der Waals surface area (Å²) < 4.78 is 11.3. The molecular weight excluding hydrogens is 236 g/mol. The van der Waals surface area contributed by atoms with Crippen LogP contribution in [0.15, 0.2) is 11.6 Å². The predicted molar refractivity (Wildman–Crippen MR) is 76.9 cm³/mol. The minimum Gasteiger partial charge on any atom is -0.350 e. The molecule has 0 spiro atoms. The highest BCUT2D eigenvalue weighted by atomic mass is 16.7. The molecule has 0 saturated heterocycles. The highest BCUT2D eigenvalue weighted by Crippen LogP contribution is 2.58. The first-order valence-corrected chi connectivity index (χ1v) is 7.96. The van der Waals surface area contributed by atoms with E-state index in [-0.39, 0.29) is 0 Å². The Balaban J connectivity index is 1.92. The summed E-state index contributed by atoms with van der Waals surface area (Å²) in [6, 6.07) is 0. The zero-order chi connectivity index (χ0) is 13.5. The van der Waals surface area contributed by atoms with Crippen LogP contribution in [-0.4, -0.2) is 20.0 Å². The molecule has 0 unspecified atom stereocenters. The maximum Gasteiger partial charge on any atom is 0.187 e. The molecule has 2 saturated carbocycles. The molecule has 3 aliphatic rings. The normalized spacial score (nSPS) is 41.1. The smallest absolute Gasteiger partial charge is 0.187 e. The SMILES string of the molecule is COC1(OC)C=C2CC[C@H]3CCCC[C@@H]3[C@@]2(C)CC1. The van der Waals surface area contributed by atoms with Crippen LogP contribution < -0.4 is 0 Å². The maximum atomic E-state index is 5.66. The van der Waals surface area contributed by atoms with Gasteiger partial charge in [-0.15, -0.1) is 0 Å². The molecule has 3 atom stereocenters. The van der Waals surface area contributed by atoms with Gasteiger partial charge in [0.25, 0.3) is 0 Å². The molecule has 3 aliphatic carbocycles. The summed E-state index contributed by atoms with van der Waals surface area (Å²) in [7, 11) is 3.55. The molecular formula is C17H28O2. The van der Waals surface area contributed by atoms with E-state index in [4.69, 9.17) is 9.47 Å². The van der Waals surface area contributed by atoms with E-state index in [1.54, 1.807) is 19.8 Å². The number of hydrogen-bond acceptors (Lipinski definition) is 2. The first kappa shape index (κ1) is 13.6. The standard InChI is InChI=1S/C17H28O2/c1-16-10-11-17(18-2,19-3)12-14(16)9-8-13-6-4-5-7-15(13)16/h12-13,15H,4-11H2,1-3H3/t13-,15+,16+/m1/s1. The summed E-state index contributed by atoms with van der Waals surface area (Å²) in [5.41, 5.74) is 2.04. The molecule has 2 fully saturated rings. The van der Waals surface area contributed by atoms with E-state index in [0.29, 0.717) is 5.41 Å². The molecule has 0 radical (unpaired) electrons. The van der Waals surface area contributed by atoms with Gasteiger partial charge in [0.1, 0.15) is 0 Å². The Morgan fingerprint density at radius 2 is 1.79 bits per heavy atom. The summed E-state index contributed by atoms with van der Waals surface area (Å²) in [5.74, 6) is 1.44. The van der Waals surface area contributed by atoms with Gasteiger partial charge < -0.3 is 9.47 Å². The van der Waals surface area contributed by atoms with Crippen molar-refractivity contribution in [3.05, 3.63) is 11.6 Å². The lowest BCUT2D eigenvalue weighted by Crippen LogP contribution is -2.47. The van der Waals surface area contributed by atoms with Crippen molar-refractivity contribution < 1.29 is 9.47 Å². The van der Waals surface area contributed by atoms with Gasteiger partial charge >= 0.3 is 0 Å². The fourth-order valence-corrected chi connectivity index (χ4v) is 5.02. The number of methoxy groups -OCH3 is 2. The monoisotopic (exact) mass is 264 g/mol. The van der Waals surface area contributed by atoms with E-state index in [1.165, 1.54) is 44.9 Å². The molecule has 0 N–H and O–H groups in total. The average molecular weight is 264 g/mol. The summed E-state index contributed by atoms with van der Waals surface area (Å²) >= 11 is 0. The Kier molecular flexibility index (Phi) is 3.51. The lowest BCUT2D eigenvalue weighted by Gasteiger charge is -2.54. The molecule has 0 aliphatic heterocycles. The molecule has 0 amide bonds. The highest BCUT2D eigenvalue weighted by molar-refractivity contribution is 5.25. The van der Waals surface area contributed by atoms with Crippen molar-refractivity contribution in [2.24, 2.45) is 17.3 Å². The van der Waals surface area contributed by atoms with Gasteiger partial charge in [0.15, 0.2) is 5.79 Å². The Labute approximate surface area is 117 Å². The Hall–Kier alpha value is -0.340. The van der Waals surface area contributed by atoms with E-state index in [1.807, 2.05) is 0 Å². The Morgan fingerprint density at radius 3 is 2.53 bits per heavy atom. The minimum absolute atomic E-state index is 0.421. The second kappa shape index (κ2) is 4.89. The van der Waals surface area contributed by atoms with Crippen LogP contribution in [0.2, 0.25) is 0 Å². The lowest BCUT2D eigenvalue weighted by atomic mass is 9.53. The van der Waals surface area contributed by atoms with Crippen LogP contribution >= 0.6 is 0 Å². The molecule has 108 valence electrons. The Bertz CT molecular complexity index is 369. The van der Waals surface area contributed by atoms with Crippen molar-refractivity contribution in [1.29, 1.82) is 0 Å². The van der Waals surface area contributed by atoms with Crippen molar-refractivity contribution in [2.75, 3.05) is 14.2 Å². The van der Waals surface area contributed by atoms with Gasteiger partial charge in [-0.2, -0.15) is 0 Å². The fourth-order valence-electron chi connectivity index (χ4n) is 5.02. The van der Waals surface area contributed by atoms with E-state index in [9.17, 15) is 0 Å². The summed E-state index contributed by atoms with van der Waals surface area (Å²) in [6.07, 6.45) is 13.0. The lowest BCUT2D eigenvalue weighted by molar-refractivity contribution is -0.187. The molecule has 19 heavy (non-hydrogen) atoms. The van der Waals surface area contributed by atoms with Crippen molar-refractivity contribution >= 4 is 0 Å². The van der Waals surface area contributed by atoms with Gasteiger partial charge in [0, 0.05) is 20.6 Å². The van der Waals surface area contributed by atoms with Crippen LogP contribution in [0.5, 0.6) is 0 Å². The Morgan fingerprint density at radius 1 is 1.05 bits per heavy atom. The molecule has 0 heterocycles.